The standard InChI is InChI=1S/C10H13NOS2/c1-8-2-4-9(5-3-8)12-6-7-14-10(11)13/h2-5H,6-7H2,1H3,(H2,11,13). The van der Waals surface area contributed by atoms with E-state index >= 15 is 0 Å². The molecule has 0 aliphatic heterocycles. The lowest BCUT2D eigenvalue weighted by atomic mass is 10.2. The van der Waals surface area contributed by atoms with Gasteiger partial charge in [0, 0.05) is 5.75 Å². The first-order chi connectivity index (χ1) is 6.68. The van der Waals surface area contributed by atoms with Crippen LogP contribution in [0.4, 0.5) is 0 Å². The smallest absolute Gasteiger partial charge is 0.131 e. The molecule has 0 heterocycles. The summed E-state index contributed by atoms with van der Waals surface area (Å²) < 4.78 is 5.95. The lowest BCUT2D eigenvalue weighted by Crippen LogP contribution is -2.07. The monoisotopic (exact) mass is 227 g/mol. The van der Waals surface area contributed by atoms with E-state index in [0.29, 0.717) is 10.9 Å². The van der Waals surface area contributed by atoms with Crippen LogP contribution in [0.3, 0.4) is 0 Å². The Morgan fingerprint density at radius 3 is 2.64 bits per heavy atom. The number of hydrogen-bond donors (Lipinski definition) is 1. The van der Waals surface area contributed by atoms with Crippen molar-refractivity contribution in [3.8, 4) is 5.75 Å². The molecule has 76 valence electrons. The van der Waals surface area contributed by atoms with Crippen molar-refractivity contribution >= 4 is 28.3 Å². The zero-order valence-corrected chi connectivity index (χ0v) is 9.66. The van der Waals surface area contributed by atoms with Crippen LogP contribution in [0.15, 0.2) is 24.3 Å². The molecule has 0 saturated heterocycles. The predicted octanol–water partition coefficient (Wildman–Crippen LogP) is 2.35. The van der Waals surface area contributed by atoms with Gasteiger partial charge < -0.3 is 10.5 Å². The number of hydrogen-bond acceptors (Lipinski definition) is 3. The van der Waals surface area contributed by atoms with E-state index in [9.17, 15) is 0 Å². The summed E-state index contributed by atoms with van der Waals surface area (Å²) in [7, 11) is 0. The highest BCUT2D eigenvalue weighted by atomic mass is 32.2. The summed E-state index contributed by atoms with van der Waals surface area (Å²) in [5.74, 6) is 1.68. The van der Waals surface area contributed by atoms with Crippen molar-refractivity contribution in [3.05, 3.63) is 29.8 Å². The van der Waals surface area contributed by atoms with Gasteiger partial charge in [-0.05, 0) is 19.1 Å². The maximum atomic E-state index is 5.48. The number of ether oxygens (including phenoxy) is 1. The molecule has 0 atom stereocenters. The maximum Gasteiger partial charge on any atom is 0.131 e. The van der Waals surface area contributed by atoms with Crippen LogP contribution in [0.1, 0.15) is 5.56 Å². The van der Waals surface area contributed by atoms with Gasteiger partial charge in [-0.2, -0.15) is 0 Å². The number of aryl methyl sites for hydroxylation is 1. The molecule has 1 aromatic carbocycles. The Balaban J connectivity index is 2.25. The molecule has 2 nitrogen and oxygen atoms in total. The molecule has 2 N–H and O–H groups in total. The van der Waals surface area contributed by atoms with Gasteiger partial charge in [-0.1, -0.05) is 41.7 Å². The van der Waals surface area contributed by atoms with Gasteiger partial charge in [0.25, 0.3) is 0 Å². The maximum absolute atomic E-state index is 5.48. The number of benzene rings is 1. The Kier molecular flexibility index (Phi) is 4.76. The molecule has 1 rings (SSSR count). The van der Waals surface area contributed by atoms with Crippen LogP contribution in [-0.4, -0.2) is 16.7 Å². The zero-order chi connectivity index (χ0) is 10.4. The lowest BCUT2D eigenvalue weighted by molar-refractivity contribution is 0.344. The topological polar surface area (TPSA) is 35.2 Å². The molecule has 0 radical (unpaired) electrons. The number of nitrogens with two attached hydrogens (primary N) is 1. The Hall–Kier alpha value is -0.740. The first kappa shape index (κ1) is 11.3. The van der Waals surface area contributed by atoms with Gasteiger partial charge in [-0.15, -0.1) is 0 Å². The molecular weight excluding hydrogens is 214 g/mol. The minimum Gasteiger partial charge on any atom is -0.493 e. The van der Waals surface area contributed by atoms with Crippen molar-refractivity contribution in [1.82, 2.24) is 0 Å². The molecular formula is C10H13NOS2. The molecule has 0 aliphatic carbocycles. The molecule has 0 unspecified atom stereocenters. The highest BCUT2D eigenvalue weighted by molar-refractivity contribution is 8.22. The first-order valence-corrected chi connectivity index (χ1v) is 5.69. The third-order valence-corrected chi connectivity index (χ3v) is 2.63. The summed E-state index contributed by atoms with van der Waals surface area (Å²) in [6.07, 6.45) is 0. The van der Waals surface area contributed by atoms with Crippen molar-refractivity contribution in [1.29, 1.82) is 0 Å². The largest absolute Gasteiger partial charge is 0.493 e. The van der Waals surface area contributed by atoms with Gasteiger partial charge in [0.15, 0.2) is 0 Å². The third kappa shape index (κ3) is 4.48. The normalized spacial score (nSPS) is 9.79. The Labute approximate surface area is 93.8 Å². The molecule has 0 spiro atoms. The highest BCUT2D eigenvalue weighted by Gasteiger charge is 1.94. The minimum atomic E-state index is 0.470. The van der Waals surface area contributed by atoms with Gasteiger partial charge in [0.05, 0.1) is 6.61 Å². The molecule has 0 bridgehead atoms. The van der Waals surface area contributed by atoms with Gasteiger partial charge in [0.2, 0.25) is 0 Å². The van der Waals surface area contributed by atoms with E-state index in [1.165, 1.54) is 17.3 Å². The van der Waals surface area contributed by atoms with Crippen molar-refractivity contribution in [2.45, 2.75) is 6.92 Å². The summed E-state index contributed by atoms with van der Waals surface area (Å²) in [6.45, 7) is 2.68. The second-order valence-electron chi connectivity index (χ2n) is 2.83. The predicted molar refractivity (Wildman–Crippen MR) is 65.9 cm³/mol. The van der Waals surface area contributed by atoms with E-state index in [0.717, 1.165) is 11.5 Å². The fourth-order valence-electron chi connectivity index (χ4n) is 0.936. The highest BCUT2D eigenvalue weighted by Crippen LogP contribution is 2.11. The van der Waals surface area contributed by atoms with Gasteiger partial charge in [-0.3, -0.25) is 0 Å². The van der Waals surface area contributed by atoms with E-state index in [-0.39, 0.29) is 0 Å². The second kappa shape index (κ2) is 5.88. The Morgan fingerprint density at radius 1 is 1.43 bits per heavy atom. The van der Waals surface area contributed by atoms with E-state index in [1.54, 1.807) is 0 Å². The molecule has 0 aliphatic rings. The molecule has 1 aromatic rings. The summed E-state index contributed by atoms with van der Waals surface area (Å²) in [6, 6.07) is 7.97. The average Bonchev–Trinajstić information content (AvgIpc) is 2.15. The summed E-state index contributed by atoms with van der Waals surface area (Å²) in [4.78, 5) is 0. The minimum absolute atomic E-state index is 0.470. The molecule has 0 saturated carbocycles. The van der Waals surface area contributed by atoms with Gasteiger partial charge >= 0.3 is 0 Å². The first-order valence-electron chi connectivity index (χ1n) is 4.30. The average molecular weight is 227 g/mol. The fraction of sp³-hybridized carbons (Fsp3) is 0.300. The zero-order valence-electron chi connectivity index (χ0n) is 8.03. The molecule has 0 amide bonds. The lowest BCUT2D eigenvalue weighted by Gasteiger charge is -2.05. The van der Waals surface area contributed by atoms with E-state index < -0.39 is 0 Å². The molecule has 0 aromatic heterocycles. The SMILES string of the molecule is Cc1ccc(OCCSC(N)=S)cc1. The van der Waals surface area contributed by atoms with E-state index in [2.05, 4.69) is 0 Å². The van der Waals surface area contributed by atoms with Crippen LogP contribution in [0.5, 0.6) is 5.75 Å². The van der Waals surface area contributed by atoms with Crippen LogP contribution < -0.4 is 10.5 Å². The molecule has 0 fully saturated rings. The molecule has 14 heavy (non-hydrogen) atoms. The van der Waals surface area contributed by atoms with E-state index in [1.807, 2.05) is 31.2 Å². The number of thioether (sulfide) groups is 1. The van der Waals surface area contributed by atoms with Crippen LogP contribution in [-0.2, 0) is 0 Å². The fourth-order valence-corrected chi connectivity index (χ4v) is 1.55. The summed E-state index contributed by atoms with van der Waals surface area (Å²) in [5.41, 5.74) is 6.56. The van der Waals surface area contributed by atoms with E-state index in [4.69, 9.17) is 22.7 Å². The van der Waals surface area contributed by atoms with Gasteiger partial charge in [0.1, 0.15) is 10.1 Å². The van der Waals surface area contributed by atoms with Crippen LogP contribution in [0, 0.1) is 6.92 Å². The Bertz CT molecular complexity index is 297. The summed E-state index contributed by atoms with van der Waals surface area (Å²) in [5, 5.41) is 0. The van der Waals surface area contributed by atoms with Crippen molar-refractivity contribution < 1.29 is 4.74 Å². The van der Waals surface area contributed by atoms with Gasteiger partial charge in [-0.25, -0.2) is 0 Å². The number of thiocarbonyl (C=S) groups is 1. The van der Waals surface area contributed by atoms with Crippen LogP contribution in [0.2, 0.25) is 0 Å². The van der Waals surface area contributed by atoms with Crippen LogP contribution in [0.25, 0.3) is 0 Å². The summed E-state index contributed by atoms with van der Waals surface area (Å²) >= 11 is 6.17. The Morgan fingerprint density at radius 2 is 2.07 bits per heavy atom. The third-order valence-electron chi connectivity index (χ3n) is 1.62. The second-order valence-corrected chi connectivity index (χ2v) is 4.66. The molecule has 4 heteroatoms. The van der Waals surface area contributed by atoms with Crippen LogP contribution >= 0.6 is 24.0 Å². The van der Waals surface area contributed by atoms with Crippen molar-refractivity contribution in [3.63, 3.8) is 0 Å². The van der Waals surface area contributed by atoms with Crippen molar-refractivity contribution in [2.24, 2.45) is 5.73 Å². The van der Waals surface area contributed by atoms with Crippen molar-refractivity contribution in [2.75, 3.05) is 12.4 Å². The number of rotatable bonds is 4. The quantitative estimate of drug-likeness (QED) is 0.632.